The molecule has 0 aromatic heterocycles. The molecule has 1 amide bonds. The first-order valence-corrected chi connectivity index (χ1v) is 12.1. The zero-order chi connectivity index (χ0) is 24.8. The molecule has 0 bridgehead atoms. The van der Waals surface area contributed by atoms with E-state index in [0.29, 0.717) is 27.9 Å². The van der Waals surface area contributed by atoms with Gasteiger partial charge in [0.15, 0.2) is 0 Å². The molecule has 0 saturated heterocycles. The van der Waals surface area contributed by atoms with Crippen LogP contribution in [0.4, 0.5) is 5.69 Å². The number of carbonyl (C=O) groups is 2. The molecule has 6 nitrogen and oxygen atoms in total. The summed E-state index contributed by atoms with van der Waals surface area (Å²) in [6.45, 7) is 8.78. The van der Waals surface area contributed by atoms with Crippen molar-refractivity contribution < 1.29 is 14.7 Å². The normalized spacial score (nSPS) is 23.8. The van der Waals surface area contributed by atoms with Crippen LogP contribution in [0.2, 0.25) is 5.02 Å². The number of anilines is 1. The van der Waals surface area contributed by atoms with E-state index in [9.17, 15) is 14.7 Å². The number of carboxylic acids is 1. The summed E-state index contributed by atoms with van der Waals surface area (Å²) in [4.78, 5) is 32.2. The molecule has 2 aromatic carbocycles. The van der Waals surface area contributed by atoms with Gasteiger partial charge in [-0.25, -0.2) is 4.79 Å². The number of hydrogen-bond acceptors (Lipinski definition) is 4. The Bertz CT molecular complexity index is 1120. The predicted molar refractivity (Wildman–Crippen MR) is 135 cm³/mol. The van der Waals surface area contributed by atoms with E-state index < -0.39 is 11.6 Å². The molecule has 1 fully saturated rings. The number of rotatable bonds is 4. The lowest BCUT2D eigenvalue weighted by atomic mass is 9.69. The van der Waals surface area contributed by atoms with Crippen molar-refractivity contribution in [2.45, 2.75) is 65.1 Å². The largest absolute Gasteiger partial charge is 0.478 e. The molecule has 0 radical (unpaired) electrons. The average molecular weight is 482 g/mol. The van der Waals surface area contributed by atoms with Crippen LogP contribution in [0.25, 0.3) is 0 Å². The molecule has 1 spiro atoms. The van der Waals surface area contributed by atoms with Crippen molar-refractivity contribution in [3.05, 3.63) is 64.2 Å². The molecule has 4 rings (SSSR count). The summed E-state index contributed by atoms with van der Waals surface area (Å²) in [6.07, 6.45) is 3.51. The maximum atomic E-state index is 13.9. The number of nitrogen functional groups attached to an aromatic ring is 1. The maximum absolute atomic E-state index is 13.9. The Morgan fingerprint density at radius 1 is 1.18 bits per heavy atom. The molecule has 1 heterocycles. The molecule has 1 atom stereocenters. The second kappa shape index (κ2) is 8.73. The number of benzene rings is 2. The van der Waals surface area contributed by atoms with Crippen molar-refractivity contribution in [3.8, 4) is 0 Å². The van der Waals surface area contributed by atoms with Crippen LogP contribution < -0.4 is 5.73 Å². The van der Waals surface area contributed by atoms with Gasteiger partial charge in [0.1, 0.15) is 11.4 Å². The molecule has 2 aromatic rings. The van der Waals surface area contributed by atoms with Crippen molar-refractivity contribution in [2.24, 2.45) is 16.3 Å². The van der Waals surface area contributed by atoms with Gasteiger partial charge in [-0.15, -0.1) is 0 Å². The smallest absolute Gasteiger partial charge is 0.335 e. The number of hydrogen-bond donors (Lipinski definition) is 2. The number of carbonyl (C=O) groups excluding carboxylic acids is 1. The Morgan fingerprint density at radius 3 is 2.32 bits per heavy atom. The van der Waals surface area contributed by atoms with E-state index in [1.54, 1.807) is 42.5 Å². The molecule has 7 heteroatoms. The van der Waals surface area contributed by atoms with Gasteiger partial charge in [-0.1, -0.05) is 44.5 Å². The molecular weight excluding hydrogens is 450 g/mol. The van der Waals surface area contributed by atoms with E-state index in [1.165, 1.54) is 0 Å². The highest BCUT2D eigenvalue weighted by Gasteiger charge is 2.52. The number of carboxylic acid groups (broad SMARTS) is 1. The topological polar surface area (TPSA) is 96.0 Å². The summed E-state index contributed by atoms with van der Waals surface area (Å²) < 4.78 is 0. The van der Waals surface area contributed by atoms with E-state index in [1.807, 2.05) is 11.8 Å². The van der Waals surface area contributed by atoms with Crippen LogP contribution in [0.5, 0.6) is 0 Å². The molecule has 1 aliphatic heterocycles. The van der Waals surface area contributed by atoms with Gasteiger partial charge in [0.25, 0.3) is 5.91 Å². The Kier molecular flexibility index (Phi) is 6.23. The Labute approximate surface area is 205 Å². The van der Waals surface area contributed by atoms with Crippen LogP contribution in [0, 0.1) is 11.3 Å². The summed E-state index contributed by atoms with van der Waals surface area (Å²) in [5.74, 6) is -0.565. The summed E-state index contributed by atoms with van der Waals surface area (Å²) >= 11 is 6.25. The number of aromatic carboxylic acids is 1. The highest BCUT2D eigenvalue weighted by Crippen LogP contribution is 2.49. The lowest BCUT2D eigenvalue weighted by molar-refractivity contribution is -0.132. The van der Waals surface area contributed by atoms with Gasteiger partial charge in [-0.05, 0) is 79.8 Å². The van der Waals surface area contributed by atoms with Crippen LogP contribution in [-0.4, -0.2) is 33.3 Å². The van der Waals surface area contributed by atoms with Crippen molar-refractivity contribution in [3.63, 3.8) is 0 Å². The van der Waals surface area contributed by atoms with Gasteiger partial charge >= 0.3 is 5.97 Å². The number of nitrogens with zero attached hydrogens (tertiary/aromatic N) is 2. The maximum Gasteiger partial charge on any atom is 0.335 e. The Morgan fingerprint density at radius 2 is 1.79 bits per heavy atom. The van der Waals surface area contributed by atoms with Gasteiger partial charge in [-0.3, -0.25) is 9.79 Å². The van der Waals surface area contributed by atoms with Crippen LogP contribution in [0.3, 0.4) is 0 Å². The number of nitrogens with two attached hydrogens (primary N) is 1. The number of amides is 1. The van der Waals surface area contributed by atoms with E-state index in [2.05, 4.69) is 20.8 Å². The van der Waals surface area contributed by atoms with E-state index in [4.69, 9.17) is 22.3 Å². The molecule has 3 N–H and O–H groups in total. The fourth-order valence-electron chi connectivity index (χ4n) is 5.44. The third kappa shape index (κ3) is 4.43. The highest BCUT2D eigenvalue weighted by molar-refractivity contribution is 6.47. The van der Waals surface area contributed by atoms with E-state index >= 15 is 0 Å². The SMILES string of the molecule is CC(c1ccc(C(=O)O)cc1)N1C(=O)C(c2cc(N)cc(Cl)c2)=NC12CCC(C(C)(C)C)CC2. The van der Waals surface area contributed by atoms with Gasteiger partial charge in [0, 0.05) is 16.3 Å². The van der Waals surface area contributed by atoms with Gasteiger partial charge in [0.05, 0.1) is 11.6 Å². The standard InChI is InChI=1S/C27H32ClN3O3/c1-16(17-5-7-18(8-6-17)25(33)34)31-24(32)23(19-13-21(28)15-22(29)14-19)30-27(31)11-9-20(10-12-27)26(2,3)4/h5-8,13-16,20H,9-12,29H2,1-4H3,(H,33,34). The van der Waals surface area contributed by atoms with Crippen LogP contribution >= 0.6 is 11.6 Å². The second-order valence-electron chi connectivity index (χ2n) is 10.6. The molecular formula is C27H32ClN3O3. The average Bonchev–Trinajstić information content (AvgIpc) is 3.04. The zero-order valence-corrected chi connectivity index (χ0v) is 20.9. The van der Waals surface area contributed by atoms with E-state index in [-0.39, 0.29) is 22.9 Å². The Hall–Kier alpha value is -2.86. The van der Waals surface area contributed by atoms with Crippen molar-refractivity contribution in [1.29, 1.82) is 0 Å². The van der Waals surface area contributed by atoms with Crippen LogP contribution in [0.15, 0.2) is 47.5 Å². The van der Waals surface area contributed by atoms with E-state index in [0.717, 1.165) is 31.2 Å². The van der Waals surface area contributed by atoms with Crippen molar-refractivity contribution in [1.82, 2.24) is 4.90 Å². The minimum Gasteiger partial charge on any atom is -0.478 e. The quantitative estimate of drug-likeness (QED) is 0.527. The van der Waals surface area contributed by atoms with Gasteiger partial charge < -0.3 is 15.7 Å². The first kappa shape index (κ1) is 24.3. The van der Waals surface area contributed by atoms with Crippen LogP contribution in [0.1, 0.15) is 80.9 Å². The van der Waals surface area contributed by atoms with Crippen molar-refractivity contribution in [2.75, 3.05) is 5.73 Å². The first-order chi connectivity index (χ1) is 15.9. The minimum atomic E-state index is -0.974. The summed E-state index contributed by atoms with van der Waals surface area (Å²) in [5.41, 5.74) is 8.16. The fourth-order valence-corrected chi connectivity index (χ4v) is 5.68. The monoisotopic (exact) mass is 481 g/mol. The predicted octanol–water partition coefficient (Wildman–Crippen LogP) is 5.95. The fraction of sp³-hybridized carbons (Fsp3) is 0.444. The third-order valence-electron chi connectivity index (χ3n) is 7.42. The van der Waals surface area contributed by atoms with Crippen molar-refractivity contribution >= 4 is 34.9 Å². The summed E-state index contributed by atoms with van der Waals surface area (Å²) in [7, 11) is 0. The van der Waals surface area contributed by atoms with Gasteiger partial charge in [0.2, 0.25) is 0 Å². The van der Waals surface area contributed by atoms with Gasteiger partial charge in [-0.2, -0.15) is 0 Å². The molecule has 1 aliphatic carbocycles. The molecule has 1 saturated carbocycles. The minimum absolute atomic E-state index is 0.148. The lowest BCUT2D eigenvalue weighted by Crippen LogP contribution is -2.50. The number of aliphatic imine (C=N–C) groups is 1. The number of halogens is 1. The molecule has 34 heavy (non-hydrogen) atoms. The first-order valence-electron chi connectivity index (χ1n) is 11.7. The summed E-state index contributed by atoms with van der Waals surface area (Å²) in [5, 5.41) is 9.72. The molecule has 1 unspecified atom stereocenters. The zero-order valence-electron chi connectivity index (χ0n) is 20.1. The summed E-state index contributed by atoms with van der Waals surface area (Å²) in [6, 6.07) is 11.6. The Balaban J connectivity index is 1.74. The van der Waals surface area contributed by atoms with Crippen LogP contribution in [-0.2, 0) is 4.79 Å². The molecule has 2 aliphatic rings. The third-order valence-corrected chi connectivity index (χ3v) is 7.64. The second-order valence-corrected chi connectivity index (χ2v) is 11.1. The highest BCUT2D eigenvalue weighted by atomic mass is 35.5. The lowest BCUT2D eigenvalue weighted by Gasteiger charge is -2.46. The molecule has 180 valence electrons.